The Labute approximate surface area is 127 Å². The first kappa shape index (κ1) is 16.0. The van der Waals surface area contributed by atoms with E-state index in [0.717, 1.165) is 42.3 Å². The zero-order valence-corrected chi connectivity index (χ0v) is 14.1. The van der Waals surface area contributed by atoms with Crippen LogP contribution in [0.25, 0.3) is 0 Å². The number of nitrogens with one attached hydrogen (secondary N) is 2. The SMILES string of the molecule is CCCc1nc(NC)c(C)c(NC2CC(OC)C2(C)C)n1. The van der Waals surface area contributed by atoms with Crippen molar-refractivity contribution in [1.82, 2.24) is 9.97 Å². The van der Waals surface area contributed by atoms with Crippen molar-refractivity contribution < 1.29 is 4.74 Å². The van der Waals surface area contributed by atoms with Crippen LogP contribution < -0.4 is 10.6 Å². The van der Waals surface area contributed by atoms with Gasteiger partial charge in [-0.1, -0.05) is 20.8 Å². The van der Waals surface area contributed by atoms with Gasteiger partial charge in [0.25, 0.3) is 0 Å². The van der Waals surface area contributed by atoms with Crippen LogP contribution in [0.2, 0.25) is 0 Å². The molecule has 1 saturated carbocycles. The summed E-state index contributed by atoms with van der Waals surface area (Å²) in [7, 11) is 3.69. The van der Waals surface area contributed by atoms with Crippen molar-refractivity contribution in [2.24, 2.45) is 5.41 Å². The van der Waals surface area contributed by atoms with Gasteiger partial charge in [0.1, 0.15) is 17.5 Å². The molecule has 5 nitrogen and oxygen atoms in total. The average molecular weight is 292 g/mol. The van der Waals surface area contributed by atoms with Crippen molar-refractivity contribution in [2.75, 3.05) is 24.8 Å². The van der Waals surface area contributed by atoms with E-state index in [4.69, 9.17) is 9.72 Å². The van der Waals surface area contributed by atoms with Gasteiger partial charge in [-0.15, -0.1) is 0 Å². The molecule has 0 aliphatic heterocycles. The lowest BCUT2D eigenvalue weighted by Gasteiger charge is -2.51. The average Bonchev–Trinajstić information content (AvgIpc) is 2.45. The predicted molar refractivity (Wildman–Crippen MR) is 86.9 cm³/mol. The van der Waals surface area contributed by atoms with Gasteiger partial charge >= 0.3 is 0 Å². The number of hydrogen-bond acceptors (Lipinski definition) is 5. The summed E-state index contributed by atoms with van der Waals surface area (Å²) in [6.45, 7) is 8.69. The maximum absolute atomic E-state index is 5.52. The van der Waals surface area contributed by atoms with Crippen LogP contribution in [0.4, 0.5) is 11.6 Å². The molecule has 1 aromatic heterocycles. The van der Waals surface area contributed by atoms with Gasteiger partial charge in [-0.25, -0.2) is 9.97 Å². The van der Waals surface area contributed by atoms with Crippen LogP contribution in [0.1, 0.15) is 45.0 Å². The van der Waals surface area contributed by atoms with Crippen LogP contribution in [0.3, 0.4) is 0 Å². The van der Waals surface area contributed by atoms with Crippen LogP contribution in [-0.2, 0) is 11.2 Å². The van der Waals surface area contributed by atoms with Crippen LogP contribution in [0.5, 0.6) is 0 Å². The van der Waals surface area contributed by atoms with Crippen molar-refractivity contribution in [2.45, 2.75) is 59.1 Å². The van der Waals surface area contributed by atoms with Crippen molar-refractivity contribution in [3.05, 3.63) is 11.4 Å². The van der Waals surface area contributed by atoms with E-state index >= 15 is 0 Å². The smallest absolute Gasteiger partial charge is 0.135 e. The molecule has 21 heavy (non-hydrogen) atoms. The number of anilines is 2. The Kier molecular flexibility index (Phi) is 4.71. The Morgan fingerprint density at radius 2 is 1.95 bits per heavy atom. The lowest BCUT2D eigenvalue weighted by molar-refractivity contribution is -0.0795. The first-order valence-corrected chi connectivity index (χ1v) is 7.78. The predicted octanol–water partition coefficient (Wildman–Crippen LogP) is 3.00. The van der Waals surface area contributed by atoms with Gasteiger partial charge in [0, 0.05) is 37.6 Å². The lowest BCUT2D eigenvalue weighted by atomic mass is 9.64. The third-order valence-electron chi connectivity index (χ3n) is 4.68. The molecule has 1 heterocycles. The number of aromatic nitrogens is 2. The highest BCUT2D eigenvalue weighted by molar-refractivity contribution is 5.57. The molecular formula is C16H28N4O. The van der Waals surface area contributed by atoms with Crippen LogP contribution in [0.15, 0.2) is 0 Å². The molecule has 2 atom stereocenters. The number of rotatable bonds is 6. The molecule has 2 N–H and O–H groups in total. The summed E-state index contributed by atoms with van der Waals surface area (Å²) in [6.07, 6.45) is 3.28. The summed E-state index contributed by atoms with van der Waals surface area (Å²) < 4.78 is 5.52. The highest BCUT2D eigenvalue weighted by Crippen LogP contribution is 2.44. The molecule has 2 unspecified atom stereocenters. The fourth-order valence-corrected chi connectivity index (χ4v) is 2.98. The minimum atomic E-state index is 0.122. The maximum atomic E-state index is 5.52. The quantitative estimate of drug-likeness (QED) is 0.844. The Hall–Kier alpha value is -1.36. The number of aryl methyl sites for hydroxylation is 1. The van der Waals surface area contributed by atoms with Gasteiger partial charge < -0.3 is 15.4 Å². The number of hydrogen-bond donors (Lipinski definition) is 2. The number of methoxy groups -OCH3 is 1. The largest absolute Gasteiger partial charge is 0.381 e. The second-order valence-corrected chi connectivity index (χ2v) is 6.44. The molecule has 0 amide bonds. The van der Waals surface area contributed by atoms with Crippen molar-refractivity contribution in [1.29, 1.82) is 0 Å². The molecule has 5 heteroatoms. The molecule has 0 aromatic carbocycles. The van der Waals surface area contributed by atoms with E-state index in [0.29, 0.717) is 12.1 Å². The van der Waals surface area contributed by atoms with E-state index in [1.54, 1.807) is 7.11 Å². The van der Waals surface area contributed by atoms with Crippen LogP contribution in [-0.4, -0.2) is 36.3 Å². The molecule has 118 valence electrons. The zero-order chi connectivity index (χ0) is 15.6. The van der Waals surface area contributed by atoms with Crippen molar-refractivity contribution in [3.63, 3.8) is 0 Å². The fourth-order valence-electron chi connectivity index (χ4n) is 2.98. The minimum Gasteiger partial charge on any atom is -0.381 e. The summed E-state index contributed by atoms with van der Waals surface area (Å²) >= 11 is 0. The summed E-state index contributed by atoms with van der Waals surface area (Å²) in [4.78, 5) is 9.28. The van der Waals surface area contributed by atoms with E-state index < -0.39 is 0 Å². The number of nitrogens with zero attached hydrogens (tertiary/aromatic N) is 2. The molecule has 0 spiro atoms. The lowest BCUT2D eigenvalue weighted by Crippen LogP contribution is -2.57. The van der Waals surface area contributed by atoms with Crippen LogP contribution in [0, 0.1) is 12.3 Å². The minimum absolute atomic E-state index is 0.122. The fraction of sp³-hybridized carbons (Fsp3) is 0.750. The molecule has 1 fully saturated rings. The molecule has 2 rings (SSSR count). The molecule has 0 radical (unpaired) electrons. The van der Waals surface area contributed by atoms with Crippen LogP contribution >= 0.6 is 0 Å². The molecular weight excluding hydrogens is 264 g/mol. The molecule has 1 aromatic rings. The highest BCUT2D eigenvalue weighted by Gasteiger charge is 2.48. The van der Waals surface area contributed by atoms with E-state index in [1.807, 2.05) is 7.05 Å². The third kappa shape index (κ3) is 2.98. The summed E-state index contributed by atoms with van der Waals surface area (Å²) in [5, 5.41) is 6.77. The Morgan fingerprint density at radius 1 is 1.29 bits per heavy atom. The van der Waals surface area contributed by atoms with Gasteiger partial charge in [-0.3, -0.25) is 0 Å². The van der Waals surface area contributed by atoms with E-state index in [2.05, 4.69) is 43.3 Å². The third-order valence-corrected chi connectivity index (χ3v) is 4.68. The van der Waals surface area contributed by atoms with Gasteiger partial charge in [-0.2, -0.15) is 0 Å². The van der Waals surface area contributed by atoms with Gasteiger partial charge in [-0.05, 0) is 19.8 Å². The van der Waals surface area contributed by atoms with E-state index in [-0.39, 0.29) is 5.41 Å². The Morgan fingerprint density at radius 3 is 2.48 bits per heavy atom. The Balaban J connectivity index is 2.22. The molecule has 0 saturated heterocycles. The second kappa shape index (κ2) is 6.18. The van der Waals surface area contributed by atoms with E-state index in [1.165, 1.54) is 0 Å². The van der Waals surface area contributed by atoms with Gasteiger partial charge in [0.15, 0.2) is 0 Å². The molecule has 0 bridgehead atoms. The molecule has 1 aliphatic rings. The summed E-state index contributed by atoms with van der Waals surface area (Å²) in [5.74, 6) is 2.76. The first-order valence-electron chi connectivity index (χ1n) is 7.78. The van der Waals surface area contributed by atoms with E-state index in [9.17, 15) is 0 Å². The summed E-state index contributed by atoms with van der Waals surface area (Å²) in [6, 6.07) is 0.384. The first-order chi connectivity index (χ1) is 9.93. The van der Waals surface area contributed by atoms with Gasteiger partial charge in [0.05, 0.1) is 6.10 Å². The topological polar surface area (TPSA) is 59.1 Å². The second-order valence-electron chi connectivity index (χ2n) is 6.44. The highest BCUT2D eigenvalue weighted by atomic mass is 16.5. The van der Waals surface area contributed by atoms with Crippen molar-refractivity contribution in [3.8, 4) is 0 Å². The summed E-state index contributed by atoms with van der Waals surface area (Å²) in [5.41, 5.74) is 1.20. The Bertz CT molecular complexity index is 501. The zero-order valence-electron chi connectivity index (χ0n) is 14.1. The normalized spacial score (nSPS) is 23.5. The number of ether oxygens (including phenoxy) is 1. The maximum Gasteiger partial charge on any atom is 0.135 e. The monoisotopic (exact) mass is 292 g/mol. The van der Waals surface area contributed by atoms with Gasteiger partial charge in [0.2, 0.25) is 0 Å². The van der Waals surface area contributed by atoms with Crippen molar-refractivity contribution >= 4 is 11.6 Å². The standard InChI is InChI=1S/C16H28N4O/c1-7-8-13-19-14(17-5)10(2)15(20-13)18-11-9-12(21-6)16(11,3)4/h11-12H,7-9H2,1-6H3,(H2,17,18,19,20). The molecule has 1 aliphatic carbocycles.